The lowest BCUT2D eigenvalue weighted by molar-refractivity contribution is -0.126. The molecular formula is C31H29ClFN5O3. The number of fused-ring (bicyclic) bond motifs is 1. The van der Waals surface area contributed by atoms with Crippen LogP contribution >= 0.6 is 11.6 Å². The van der Waals surface area contributed by atoms with E-state index < -0.39 is 11.5 Å². The first-order valence-electron chi connectivity index (χ1n) is 13.6. The summed E-state index contributed by atoms with van der Waals surface area (Å²) in [5, 5.41) is 11.2. The summed E-state index contributed by atoms with van der Waals surface area (Å²) in [5.41, 5.74) is 2.22. The van der Waals surface area contributed by atoms with Gasteiger partial charge < -0.3 is 14.9 Å². The summed E-state index contributed by atoms with van der Waals surface area (Å²) in [7, 11) is 0. The van der Waals surface area contributed by atoms with Crippen LogP contribution in [0.3, 0.4) is 0 Å². The number of halogens is 2. The number of nitrogens with zero attached hydrogens (tertiary/aromatic N) is 5. The molecule has 2 fully saturated rings. The lowest BCUT2D eigenvalue weighted by Gasteiger charge is -2.40. The van der Waals surface area contributed by atoms with Gasteiger partial charge in [-0.25, -0.2) is 18.7 Å². The third kappa shape index (κ3) is 4.64. The number of hydrogen-bond donors (Lipinski definition) is 1. The molecule has 6 rings (SSSR count). The van der Waals surface area contributed by atoms with E-state index in [2.05, 4.69) is 11.6 Å². The number of rotatable bonds is 5. The van der Waals surface area contributed by atoms with E-state index in [0.717, 1.165) is 24.0 Å². The molecule has 10 heteroatoms. The number of phenolic OH excluding ortho intramolecular Hbond substituents is 1. The molecule has 0 spiro atoms. The third-order valence-corrected chi connectivity index (χ3v) is 8.21. The molecular weight excluding hydrogens is 545 g/mol. The lowest BCUT2D eigenvalue weighted by atomic mass is 10.0. The van der Waals surface area contributed by atoms with Crippen molar-refractivity contribution in [2.75, 3.05) is 24.5 Å². The third-order valence-electron chi connectivity index (χ3n) is 7.93. The second-order valence-electron chi connectivity index (χ2n) is 10.7. The maximum absolute atomic E-state index is 15.0. The van der Waals surface area contributed by atoms with Gasteiger partial charge in [0.1, 0.15) is 17.4 Å². The first-order valence-corrected chi connectivity index (χ1v) is 14.0. The fourth-order valence-corrected chi connectivity index (χ4v) is 6.01. The predicted molar refractivity (Wildman–Crippen MR) is 158 cm³/mol. The summed E-state index contributed by atoms with van der Waals surface area (Å²) in [6.45, 7) is 8.75. The normalized spacial score (nSPS) is 17.2. The van der Waals surface area contributed by atoms with E-state index in [1.54, 1.807) is 11.0 Å². The first-order chi connectivity index (χ1) is 19.7. The highest BCUT2D eigenvalue weighted by Crippen LogP contribution is 2.44. The molecule has 1 amide bonds. The molecule has 1 saturated carbocycles. The molecule has 2 aromatic carbocycles. The van der Waals surface area contributed by atoms with Gasteiger partial charge in [-0.3, -0.25) is 4.79 Å². The zero-order chi connectivity index (χ0) is 29.0. The number of piperazine rings is 1. The van der Waals surface area contributed by atoms with Gasteiger partial charge in [-0.1, -0.05) is 42.4 Å². The molecule has 1 aliphatic carbocycles. The number of amides is 1. The molecule has 210 valence electrons. The molecule has 2 aromatic heterocycles. The van der Waals surface area contributed by atoms with Crippen molar-refractivity contribution >= 4 is 34.4 Å². The molecule has 0 unspecified atom stereocenters. The zero-order valence-corrected chi connectivity index (χ0v) is 23.5. The number of pyridine rings is 1. The Kier molecular flexibility index (Phi) is 6.77. The van der Waals surface area contributed by atoms with Crippen molar-refractivity contribution in [3.63, 3.8) is 0 Å². The Morgan fingerprint density at radius 3 is 2.61 bits per heavy atom. The summed E-state index contributed by atoms with van der Waals surface area (Å²) >= 11 is 6.74. The minimum atomic E-state index is -0.687. The van der Waals surface area contributed by atoms with Crippen molar-refractivity contribution in [2.24, 2.45) is 0 Å². The Morgan fingerprint density at radius 2 is 1.93 bits per heavy atom. The van der Waals surface area contributed by atoms with Gasteiger partial charge >= 0.3 is 5.69 Å². The topological polar surface area (TPSA) is 91.6 Å². The van der Waals surface area contributed by atoms with Crippen molar-refractivity contribution in [1.29, 1.82) is 0 Å². The Balaban J connectivity index is 1.63. The number of aromatic hydroxyl groups is 1. The Labute approximate surface area is 241 Å². The van der Waals surface area contributed by atoms with E-state index in [9.17, 15) is 14.7 Å². The van der Waals surface area contributed by atoms with E-state index in [4.69, 9.17) is 16.6 Å². The van der Waals surface area contributed by atoms with Gasteiger partial charge in [0.2, 0.25) is 5.91 Å². The highest BCUT2D eigenvalue weighted by Gasteiger charge is 2.32. The van der Waals surface area contributed by atoms with E-state index in [-0.39, 0.29) is 39.6 Å². The predicted octanol–water partition coefficient (Wildman–Crippen LogP) is 5.35. The van der Waals surface area contributed by atoms with Gasteiger partial charge in [-0.15, -0.1) is 0 Å². The molecule has 0 radical (unpaired) electrons. The van der Waals surface area contributed by atoms with Crippen LogP contribution in [0.25, 0.3) is 28.0 Å². The second kappa shape index (κ2) is 10.3. The van der Waals surface area contributed by atoms with Crippen LogP contribution in [0.1, 0.15) is 36.8 Å². The smallest absolute Gasteiger partial charge is 0.355 e. The maximum atomic E-state index is 15.0. The van der Waals surface area contributed by atoms with E-state index >= 15 is 4.39 Å². The van der Waals surface area contributed by atoms with E-state index in [1.165, 1.54) is 28.8 Å². The Hall–Kier alpha value is -4.24. The molecule has 1 N–H and O–H groups in total. The average Bonchev–Trinajstić information content (AvgIpc) is 3.79. The molecule has 0 bridgehead atoms. The van der Waals surface area contributed by atoms with E-state index in [1.807, 2.05) is 36.9 Å². The standard InChI is InChI=1S/C31H29ClFN5O3/c1-4-25(40)36-13-14-37(18(3)16-36)29-21-15-22(32)27(26-23(33)9-6-10-24(26)39)34-30(21)38(31(41)35-29)28-17(2)7-5-8-20(28)19-11-12-19/h4-10,15,18-19,39H,1,11-14,16H2,2-3H3/t18-/m0/s1. The van der Waals surface area contributed by atoms with Crippen LogP contribution < -0.4 is 10.6 Å². The van der Waals surface area contributed by atoms with Crippen molar-refractivity contribution < 1.29 is 14.3 Å². The molecule has 2 aliphatic rings. The average molecular weight is 574 g/mol. The van der Waals surface area contributed by atoms with Gasteiger partial charge in [-0.2, -0.15) is 4.98 Å². The highest BCUT2D eigenvalue weighted by atomic mass is 35.5. The molecule has 8 nitrogen and oxygen atoms in total. The van der Waals surface area contributed by atoms with Crippen molar-refractivity contribution in [3.05, 3.63) is 87.6 Å². The minimum absolute atomic E-state index is 0.0241. The summed E-state index contributed by atoms with van der Waals surface area (Å²) in [6, 6.07) is 11.4. The van der Waals surface area contributed by atoms with Crippen LogP contribution in [0.4, 0.5) is 10.2 Å². The quantitative estimate of drug-likeness (QED) is 0.323. The molecule has 3 heterocycles. The Morgan fingerprint density at radius 1 is 1.17 bits per heavy atom. The zero-order valence-electron chi connectivity index (χ0n) is 22.8. The number of para-hydroxylation sites is 1. The van der Waals surface area contributed by atoms with Gasteiger partial charge in [0, 0.05) is 25.7 Å². The van der Waals surface area contributed by atoms with Crippen LogP contribution in [-0.2, 0) is 4.79 Å². The summed E-state index contributed by atoms with van der Waals surface area (Å²) in [5.74, 6) is -0.443. The number of carbonyl (C=O) groups excluding carboxylic acids is 1. The van der Waals surface area contributed by atoms with Crippen LogP contribution in [0.15, 0.2) is 59.9 Å². The van der Waals surface area contributed by atoms with Gasteiger partial charge in [0.25, 0.3) is 0 Å². The molecule has 4 aromatic rings. The molecule has 1 saturated heterocycles. The number of benzene rings is 2. The summed E-state index contributed by atoms with van der Waals surface area (Å²) in [4.78, 5) is 39.3. The maximum Gasteiger partial charge on any atom is 0.355 e. The van der Waals surface area contributed by atoms with Crippen molar-refractivity contribution in [2.45, 2.75) is 38.6 Å². The van der Waals surface area contributed by atoms with Gasteiger partial charge in [0.15, 0.2) is 5.65 Å². The number of aromatic nitrogens is 3. The number of hydrogen-bond acceptors (Lipinski definition) is 6. The first kappa shape index (κ1) is 27.0. The van der Waals surface area contributed by atoms with Crippen molar-refractivity contribution in [3.8, 4) is 22.7 Å². The summed E-state index contributed by atoms with van der Waals surface area (Å²) in [6.07, 6.45) is 3.33. The van der Waals surface area contributed by atoms with Crippen LogP contribution in [0, 0.1) is 12.7 Å². The van der Waals surface area contributed by atoms with Crippen LogP contribution in [0.5, 0.6) is 5.75 Å². The Bertz CT molecular complexity index is 1760. The van der Waals surface area contributed by atoms with E-state index in [0.29, 0.717) is 42.4 Å². The largest absolute Gasteiger partial charge is 0.507 e. The fourth-order valence-electron chi connectivity index (χ4n) is 5.76. The lowest BCUT2D eigenvalue weighted by Crippen LogP contribution is -2.54. The number of phenols is 1. The monoisotopic (exact) mass is 573 g/mol. The molecule has 41 heavy (non-hydrogen) atoms. The summed E-state index contributed by atoms with van der Waals surface area (Å²) < 4.78 is 16.5. The minimum Gasteiger partial charge on any atom is -0.507 e. The van der Waals surface area contributed by atoms with Crippen LogP contribution in [0.2, 0.25) is 5.02 Å². The number of carbonyl (C=O) groups is 1. The van der Waals surface area contributed by atoms with Gasteiger partial charge in [-0.05, 0) is 68.0 Å². The molecule has 1 atom stereocenters. The number of aryl methyl sites for hydroxylation is 1. The second-order valence-corrected chi connectivity index (χ2v) is 11.1. The van der Waals surface area contributed by atoms with Crippen molar-refractivity contribution in [1.82, 2.24) is 19.4 Å². The SMILES string of the molecule is C=CC(=O)N1CCN(c2nc(=O)n(-c3c(C)cccc3C3CC3)c3nc(-c4c(O)cccc4F)c(Cl)cc23)[C@@H](C)C1. The highest BCUT2D eigenvalue weighted by molar-refractivity contribution is 6.34. The van der Waals surface area contributed by atoms with Crippen LogP contribution in [-0.4, -0.2) is 56.1 Å². The molecule has 1 aliphatic heterocycles. The van der Waals surface area contributed by atoms with Gasteiger partial charge in [0.05, 0.1) is 27.4 Å². The number of anilines is 1. The fraction of sp³-hybridized carbons (Fsp3) is 0.290.